The minimum Gasteiger partial charge on any atom is -0.487 e. The number of hydrogen-bond donors (Lipinski definition) is 1. The molecule has 1 aliphatic heterocycles. The third-order valence-electron chi connectivity index (χ3n) is 4.26. The molecule has 0 bridgehead atoms. The zero-order valence-corrected chi connectivity index (χ0v) is 15.2. The Labute approximate surface area is 153 Å². The molecule has 0 aromatic heterocycles. The van der Waals surface area contributed by atoms with Crippen LogP contribution in [0.1, 0.15) is 17.5 Å². The number of carbonyl (C=O) groups is 1. The van der Waals surface area contributed by atoms with E-state index in [4.69, 9.17) is 21.1 Å². The number of amides is 1. The van der Waals surface area contributed by atoms with Crippen LogP contribution in [0.5, 0.6) is 5.75 Å². The van der Waals surface area contributed by atoms with Gasteiger partial charge in [-0.15, -0.1) is 0 Å². The summed E-state index contributed by atoms with van der Waals surface area (Å²) in [5, 5.41) is 3.63. The first-order chi connectivity index (χ1) is 12.1. The van der Waals surface area contributed by atoms with Gasteiger partial charge < -0.3 is 14.8 Å². The highest BCUT2D eigenvalue weighted by molar-refractivity contribution is 6.30. The number of ether oxygens (including phenoxy) is 2. The first-order valence-corrected chi connectivity index (χ1v) is 8.76. The quantitative estimate of drug-likeness (QED) is 0.854. The SMILES string of the molecule is COCCC(=O)NC[C@@H]1Cc2cc(C)cc(-c3ccc(Cl)cc3)c2O1. The number of halogens is 1. The van der Waals surface area contributed by atoms with Crippen molar-refractivity contribution in [2.24, 2.45) is 0 Å². The van der Waals surface area contributed by atoms with Crippen molar-refractivity contribution in [3.8, 4) is 16.9 Å². The Morgan fingerprint density at radius 2 is 2.08 bits per heavy atom. The Balaban J connectivity index is 1.73. The normalized spacial score (nSPS) is 15.6. The van der Waals surface area contributed by atoms with Gasteiger partial charge in [0.15, 0.2) is 0 Å². The fourth-order valence-corrected chi connectivity index (χ4v) is 3.19. The van der Waals surface area contributed by atoms with Crippen molar-refractivity contribution >= 4 is 17.5 Å². The van der Waals surface area contributed by atoms with Gasteiger partial charge >= 0.3 is 0 Å². The van der Waals surface area contributed by atoms with E-state index >= 15 is 0 Å². The van der Waals surface area contributed by atoms with Crippen molar-refractivity contribution in [3.63, 3.8) is 0 Å². The van der Waals surface area contributed by atoms with Crippen LogP contribution in [-0.4, -0.2) is 32.3 Å². The van der Waals surface area contributed by atoms with E-state index in [0.717, 1.165) is 23.3 Å². The second kappa shape index (κ2) is 7.89. The smallest absolute Gasteiger partial charge is 0.222 e. The number of rotatable bonds is 6. The van der Waals surface area contributed by atoms with Gasteiger partial charge in [-0.05, 0) is 41.8 Å². The highest BCUT2D eigenvalue weighted by Crippen LogP contribution is 2.40. The van der Waals surface area contributed by atoms with Crippen LogP contribution in [0.4, 0.5) is 0 Å². The zero-order valence-electron chi connectivity index (χ0n) is 14.5. The predicted molar refractivity (Wildman–Crippen MR) is 99.2 cm³/mol. The third-order valence-corrected chi connectivity index (χ3v) is 4.51. The van der Waals surface area contributed by atoms with Gasteiger partial charge in [-0.1, -0.05) is 29.8 Å². The summed E-state index contributed by atoms with van der Waals surface area (Å²) in [4.78, 5) is 11.7. The number of carbonyl (C=O) groups excluding carboxylic acids is 1. The molecular formula is C20H22ClNO3. The van der Waals surface area contributed by atoms with Crippen LogP contribution >= 0.6 is 11.6 Å². The molecule has 25 heavy (non-hydrogen) atoms. The summed E-state index contributed by atoms with van der Waals surface area (Å²) in [6, 6.07) is 12.0. The predicted octanol–water partition coefficient (Wildman–Crippen LogP) is 3.77. The Morgan fingerprint density at radius 3 is 2.80 bits per heavy atom. The topological polar surface area (TPSA) is 47.6 Å². The molecule has 5 heteroatoms. The molecule has 1 amide bonds. The molecule has 2 aromatic rings. The molecule has 0 spiro atoms. The summed E-state index contributed by atoms with van der Waals surface area (Å²) in [6.45, 7) is 3.01. The highest BCUT2D eigenvalue weighted by atomic mass is 35.5. The molecule has 2 aromatic carbocycles. The van der Waals surface area contributed by atoms with E-state index < -0.39 is 0 Å². The molecule has 0 saturated carbocycles. The third kappa shape index (κ3) is 4.33. The monoisotopic (exact) mass is 359 g/mol. The summed E-state index contributed by atoms with van der Waals surface area (Å²) in [5.41, 5.74) is 4.52. The molecular weight excluding hydrogens is 338 g/mol. The second-order valence-corrected chi connectivity index (χ2v) is 6.73. The van der Waals surface area contributed by atoms with Crippen molar-refractivity contribution in [2.75, 3.05) is 20.3 Å². The molecule has 0 aliphatic carbocycles. The van der Waals surface area contributed by atoms with Crippen LogP contribution in [-0.2, 0) is 16.0 Å². The second-order valence-electron chi connectivity index (χ2n) is 6.30. The molecule has 0 radical (unpaired) electrons. The number of aryl methyl sites for hydroxylation is 1. The molecule has 1 N–H and O–H groups in total. The average molecular weight is 360 g/mol. The van der Waals surface area contributed by atoms with Crippen molar-refractivity contribution in [1.82, 2.24) is 5.32 Å². The number of nitrogens with one attached hydrogen (secondary N) is 1. The highest BCUT2D eigenvalue weighted by Gasteiger charge is 2.26. The zero-order chi connectivity index (χ0) is 17.8. The van der Waals surface area contributed by atoms with Gasteiger partial charge in [-0.25, -0.2) is 0 Å². The lowest BCUT2D eigenvalue weighted by Gasteiger charge is -2.14. The summed E-state index contributed by atoms with van der Waals surface area (Å²) < 4.78 is 11.1. The number of fused-ring (bicyclic) bond motifs is 1. The largest absolute Gasteiger partial charge is 0.487 e. The molecule has 132 valence electrons. The van der Waals surface area contributed by atoms with E-state index in [1.54, 1.807) is 7.11 Å². The molecule has 0 saturated heterocycles. The van der Waals surface area contributed by atoms with E-state index in [0.29, 0.717) is 24.6 Å². The number of benzene rings is 2. The van der Waals surface area contributed by atoms with Crippen molar-refractivity contribution in [3.05, 3.63) is 52.5 Å². The number of methoxy groups -OCH3 is 1. The van der Waals surface area contributed by atoms with E-state index in [-0.39, 0.29) is 12.0 Å². The van der Waals surface area contributed by atoms with Crippen LogP contribution in [0, 0.1) is 6.92 Å². The summed E-state index contributed by atoms with van der Waals surface area (Å²) in [6.07, 6.45) is 1.11. The van der Waals surface area contributed by atoms with Crippen molar-refractivity contribution in [1.29, 1.82) is 0 Å². The molecule has 1 atom stereocenters. The molecule has 0 unspecified atom stereocenters. The van der Waals surface area contributed by atoms with Crippen molar-refractivity contribution in [2.45, 2.75) is 25.9 Å². The van der Waals surface area contributed by atoms with Crippen LogP contribution < -0.4 is 10.1 Å². The van der Waals surface area contributed by atoms with Gasteiger partial charge in [-0.3, -0.25) is 4.79 Å². The molecule has 3 rings (SSSR count). The van der Waals surface area contributed by atoms with Gasteiger partial charge in [-0.2, -0.15) is 0 Å². The van der Waals surface area contributed by atoms with Crippen LogP contribution in [0.3, 0.4) is 0 Å². The molecule has 0 fully saturated rings. The van der Waals surface area contributed by atoms with Crippen LogP contribution in [0.2, 0.25) is 5.02 Å². The lowest BCUT2D eigenvalue weighted by Crippen LogP contribution is -2.34. The summed E-state index contributed by atoms with van der Waals surface area (Å²) in [5.74, 6) is 0.888. The van der Waals surface area contributed by atoms with Crippen molar-refractivity contribution < 1.29 is 14.3 Å². The van der Waals surface area contributed by atoms with E-state index in [9.17, 15) is 4.79 Å². The first-order valence-electron chi connectivity index (χ1n) is 8.38. The van der Waals surface area contributed by atoms with E-state index in [2.05, 4.69) is 24.4 Å². The Bertz CT molecular complexity index is 758. The van der Waals surface area contributed by atoms with E-state index in [1.165, 1.54) is 11.1 Å². The van der Waals surface area contributed by atoms with Gasteiger partial charge in [0.1, 0.15) is 11.9 Å². The maximum Gasteiger partial charge on any atom is 0.222 e. The lowest BCUT2D eigenvalue weighted by molar-refractivity contribution is -0.122. The first kappa shape index (κ1) is 17.8. The van der Waals surface area contributed by atoms with Gasteiger partial charge in [0.25, 0.3) is 0 Å². The molecule has 4 nitrogen and oxygen atoms in total. The Kier molecular flexibility index (Phi) is 5.61. The van der Waals surface area contributed by atoms with E-state index in [1.807, 2.05) is 24.3 Å². The maximum absolute atomic E-state index is 11.7. The minimum atomic E-state index is -0.0469. The fourth-order valence-electron chi connectivity index (χ4n) is 3.06. The fraction of sp³-hybridized carbons (Fsp3) is 0.350. The van der Waals surface area contributed by atoms with Gasteiger partial charge in [0, 0.05) is 30.5 Å². The van der Waals surface area contributed by atoms with Crippen LogP contribution in [0.25, 0.3) is 11.1 Å². The average Bonchev–Trinajstić information content (AvgIpc) is 3.01. The maximum atomic E-state index is 11.7. The summed E-state index contributed by atoms with van der Waals surface area (Å²) in [7, 11) is 1.59. The Morgan fingerprint density at radius 1 is 1.32 bits per heavy atom. The van der Waals surface area contributed by atoms with Crippen LogP contribution in [0.15, 0.2) is 36.4 Å². The van der Waals surface area contributed by atoms with Gasteiger partial charge in [0.2, 0.25) is 5.91 Å². The standard InChI is InChI=1S/C20H22ClNO3/c1-13-9-15-11-17(12-22-19(23)7-8-24-2)25-20(15)18(10-13)14-3-5-16(21)6-4-14/h3-6,9-10,17H,7-8,11-12H2,1-2H3,(H,22,23)/t17-/m0/s1. The Hall–Kier alpha value is -2.04. The lowest BCUT2D eigenvalue weighted by atomic mass is 9.98. The van der Waals surface area contributed by atoms with Gasteiger partial charge in [0.05, 0.1) is 13.2 Å². The number of hydrogen-bond acceptors (Lipinski definition) is 3. The minimum absolute atomic E-state index is 0.0180. The molecule has 1 aliphatic rings. The summed E-state index contributed by atoms with van der Waals surface area (Å²) >= 11 is 6.00. The molecule has 1 heterocycles.